The van der Waals surface area contributed by atoms with E-state index >= 15 is 0 Å². The van der Waals surface area contributed by atoms with Crippen molar-refractivity contribution in [3.63, 3.8) is 0 Å². The Labute approximate surface area is 114 Å². The van der Waals surface area contributed by atoms with Crippen molar-refractivity contribution in [3.8, 4) is 5.75 Å². The van der Waals surface area contributed by atoms with E-state index in [1.54, 1.807) is 0 Å². The van der Waals surface area contributed by atoms with Gasteiger partial charge in [0.05, 0.1) is 18.8 Å². The summed E-state index contributed by atoms with van der Waals surface area (Å²) in [6, 6.07) is 7.51. The fourth-order valence-electron chi connectivity index (χ4n) is 2.08. The lowest BCUT2D eigenvalue weighted by Crippen LogP contribution is -2.35. The number of hydrogen-bond acceptors (Lipinski definition) is 3. The van der Waals surface area contributed by atoms with Gasteiger partial charge in [-0.1, -0.05) is 24.3 Å². The summed E-state index contributed by atoms with van der Waals surface area (Å²) in [5, 5.41) is 2.91. The second kappa shape index (κ2) is 6.95. The molecule has 0 bridgehead atoms. The molecule has 0 saturated carbocycles. The van der Waals surface area contributed by atoms with Crippen LogP contribution in [0.2, 0.25) is 0 Å². The highest BCUT2D eigenvalue weighted by molar-refractivity contribution is 5.93. The van der Waals surface area contributed by atoms with E-state index in [9.17, 15) is 4.79 Å². The third-order valence-corrected chi connectivity index (χ3v) is 2.97. The number of anilines is 1. The van der Waals surface area contributed by atoms with E-state index in [1.807, 2.05) is 31.2 Å². The summed E-state index contributed by atoms with van der Waals surface area (Å²) < 4.78 is 5.49. The molecule has 1 amide bonds. The molecule has 1 N–H and O–H groups in total. The number of carbonyl (C=O) groups is 1. The molecular weight excluding hydrogens is 240 g/mol. The molecule has 0 fully saturated rings. The van der Waals surface area contributed by atoms with Gasteiger partial charge in [0, 0.05) is 13.1 Å². The second-order valence-electron chi connectivity index (χ2n) is 4.47. The predicted octanol–water partition coefficient (Wildman–Crippen LogP) is 2.29. The number of benzene rings is 1. The van der Waals surface area contributed by atoms with E-state index in [1.165, 1.54) is 0 Å². The third kappa shape index (κ3) is 4.10. The van der Waals surface area contributed by atoms with E-state index in [0.29, 0.717) is 13.2 Å². The Kier molecular flexibility index (Phi) is 4.98. The first kappa shape index (κ1) is 13.6. The van der Waals surface area contributed by atoms with Gasteiger partial charge in [0.2, 0.25) is 5.91 Å². The summed E-state index contributed by atoms with van der Waals surface area (Å²) in [6.45, 7) is 4.73. The van der Waals surface area contributed by atoms with Crippen LogP contribution in [0, 0.1) is 0 Å². The molecule has 1 heterocycles. The van der Waals surface area contributed by atoms with Crippen molar-refractivity contribution in [2.75, 3.05) is 31.6 Å². The molecule has 4 heteroatoms. The van der Waals surface area contributed by atoms with Gasteiger partial charge >= 0.3 is 0 Å². The number of para-hydroxylation sites is 2. The van der Waals surface area contributed by atoms with Crippen LogP contribution in [0.3, 0.4) is 0 Å². The van der Waals surface area contributed by atoms with Crippen LogP contribution >= 0.6 is 0 Å². The van der Waals surface area contributed by atoms with Gasteiger partial charge < -0.3 is 10.1 Å². The van der Waals surface area contributed by atoms with E-state index in [-0.39, 0.29) is 5.91 Å². The zero-order valence-electron chi connectivity index (χ0n) is 11.3. The summed E-state index contributed by atoms with van der Waals surface area (Å²) in [7, 11) is 0. The predicted molar refractivity (Wildman–Crippen MR) is 76.4 cm³/mol. The van der Waals surface area contributed by atoms with Gasteiger partial charge in [0.25, 0.3) is 0 Å². The Morgan fingerprint density at radius 1 is 1.37 bits per heavy atom. The van der Waals surface area contributed by atoms with Gasteiger partial charge in [0.1, 0.15) is 5.75 Å². The first-order valence-electron chi connectivity index (χ1n) is 6.68. The minimum absolute atomic E-state index is 0.00227. The fourth-order valence-corrected chi connectivity index (χ4v) is 2.08. The summed E-state index contributed by atoms with van der Waals surface area (Å²) in [6.07, 6.45) is 5.27. The smallest absolute Gasteiger partial charge is 0.238 e. The van der Waals surface area contributed by atoms with Gasteiger partial charge in [0.15, 0.2) is 0 Å². The van der Waals surface area contributed by atoms with Gasteiger partial charge in [-0.15, -0.1) is 0 Å². The highest BCUT2D eigenvalue weighted by Crippen LogP contribution is 2.23. The van der Waals surface area contributed by atoms with Crippen LogP contribution in [-0.4, -0.2) is 37.0 Å². The molecule has 2 rings (SSSR count). The maximum atomic E-state index is 12.0. The standard InChI is InChI=1S/C15H20N2O2/c1-2-19-14-9-5-4-8-13(14)16-15(18)12-17-10-6-3-7-11-17/h3-6,8-9H,2,7,10-12H2,1H3,(H,16,18). The SMILES string of the molecule is CCOc1ccccc1NC(=O)CN1CC=CCC1. The Morgan fingerprint density at radius 3 is 2.95 bits per heavy atom. The van der Waals surface area contributed by atoms with E-state index < -0.39 is 0 Å². The monoisotopic (exact) mass is 260 g/mol. The number of nitrogens with one attached hydrogen (secondary N) is 1. The Hall–Kier alpha value is -1.81. The lowest BCUT2D eigenvalue weighted by molar-refractivity contribution is -0.117. The van der Waals surface area contributed by atoms with Gasteiger partial charge in [-0.3, -0.25) is 9.69 Å². The van der Waals surface area contributed by atoms with E-state index in [4.69, 9.17) is 4.74 Å². The zero-order valence-corrected chi connectivity index (χ0v) is 11.3. The second-order valence-corrected chi connectivity index (χ2v) is 4.47. The zero-order chi connectivity index (χ0) is 13.5. The van der Waals surface area contributed by atoms with Crippen molar-refractivity contribution in [2.24, 2.45) is 0 Å². The minimum atomic E-state index is 0.00227. The normalized spacial score (nSPS) is 15.2. The molecule has 1 aromatic rings. The van der Waals surface area contributed by atoms with Crippen molar-refractivity contribution >= 4 is 11.6 Å². The van der Waals surface area contributed by atoms with Crippen LogP contribution in [-0.2, 0) is 4.79 Å². The lowest BCUT2D eigenvalue weighted by Gasteiger charge is -2.22. The minimum Gasteiger partial charge on any atom is -0.492 e. The van der Waals surface area contributed by atoms with Crippen molar-refractivity contribution in [2.45, 2.75) is 13.3 Å². The van der Waals surface area contributed by atoms with Gasteiger partial charge in [-0.05, 0) is 25.5 Å². The number of hydrogen-bond donors (Lipinski definition) is 1. The maximum absolute atomic E-state index is 12.0. The van der Waals surface area contributed by atoms with Crippen LogP contribution < -0.4 is 10.1 Å². The van der Waals surface area contributed by atoms with Gasteiger partial charge in [-0.2, -0.15) is 0 Å². The van der Waals surface area contributed by atoms with Gasteiger partial charge in [-0.25, -0.2) is 0 Å². The molecule has 0 atom stereocenters. The molecule has 1 aliphatic heterocycles. The average Bonchev–Trinajstić information content (AvgIpc) is 2.42. The number of nitrogens with zero attached hydrogens (tertiary/aromatic N) is 1. The first-order valence-corrected chi connectivity index (χ1v) is 6.68. The van der Waals surface area contributed by atoms with Crippen molar-refractivity contribution in [1.82, 2.24) is 4.90 Å². The number of carbonyl (C=O) groups excluding carboxylic acids is 1. The number of rotatable bonds is 5. The van der Waals surface area contributed by atoms with Crippen LogP contribution in [0.5, 0.6) is 5.75 Å². The quantitative estimate of drug-likeness (QED) is 0.826. The molecule has 0 radical (unpaired) electrons. The Bertz CT molecular complexity index is 457. The lowest BCUT2D eigenvalue weighted by atomic mass is 10.2. The molecule has 0 aliphatic carbocycles. The molecular formula is C15H20N2O2. The molecule has 4 nitrogen and oxygen atoms in total. The third-order valence-electron chi connectivity index (χ3n) is 2.97. The largest absolute Gasteiger partial charge is 0.492 e. The maximum Gasteiger partial charge on any atom is 0.238 e. The van der Waals surface area contributed by atoms with Crippen LogP contribution in [0.1, 0.15) is 13.3 Å². The van der Waals surface area contributed by atoms with Crippen LogP contribution in [0.15, 0.2) is 36.4 Å². The Balaban J connectivity index is 1.92. The summed E-state index contributed by atoms with van der Waals surface area (Å²) in [5.74, 6) is 0.722. The summed E-state index contributed by atoms with van der Waals surface area (Å²) >= 11 is 0. The van der Waals surface area contributed by atoms with Crippen molar-refractivity contribution in [3.05, 3.63) is 36.4 Å². The molecule has 1 aromatic carbocycles. The number of ether oxygens (including phenoxy) is 1. The molecule has 0 saturated heterocycles. The van der Waals surface area contributed by atoms with E-state index in [0.717, 1.165) is 30.9 Å². The molecule has 0 unspecified atom stereocenters. The number of amides is 1. The summed E-state index contributed by atoms with van der Waals surface area (Å²) in [4.78, 5) is 14.1. The molecule has 0 spiro atoms. The van der Waals surface area contributed by atoms with Crippen molar-refractivity contribution < 1.29 is 9.53 Å². The molecule has 102 valence electrons. The Morgan fingerprint density at radius 2 is 2.21 bits per heavy atom. The van der Waals surface area contributed by atoms with E-state index in [2.05, 4.69) is 22.4 Å². The molecule has 1 aliphatic rings. The fraction of sp³-hybridized carbons (Fsp3) is 0.400. The average molecular weight is 260 g/mol. The molecule has 0 aromatic heterocycles. The van der Waals surface area contributed by atoms with Crippen molar-refractivity contribution in [1.29, 1.82) is 0 Å². The van der Waals surface area contributed by atoms with Crippen LogP contribution in [0.4, 0.5) is 5.69 Å². The first-order chi connectivity index (χ1) is 9.29. The van der Waals surface area contributed by atoms with Crippen LogP contribution in [0.25, 0.3) is 0 Å². The highest BCUT2D eigenvalue weighted by Gasteiger charge is 2.12. The highest BCUT2D eigenvalue weighted by atomic mass is 16.5. The summed E-state index contributed by atoms with van der Waals surface area (Å²) in [5.41, 5.74) is 0.738. The topological polar surface area (TPSA) is 41.6 Å². The molecule has 19 heavy (non-hydrogen) atoms.